The fraction of sp³-hybridized carbons (Fsp3) is 0.938. The van der Waals surface area contributed by atoms with Crippen LogP contribution in [-0.4, -0.2) is 24.3 Å². The second-order valence-electron chi connectivity index (χ2n) is 6.36. The van der Waals surface area contributed by atoms with Crippen molar-refractivity contribution in [3.05, 3.63) is 0 Å². The molecular weight excluding hydrogens is 240 g/mol. The van der Waals surface area contributed by atoms with Crippen LogP contribution in [-0.2, 0) is 14.3 Å². The number of carbonyl (C=O) groups excluding carboxylic acids is 1. The van der Waals surface area contributed by atoms with Crippen molar-refractivity contribution in [3.63, 3.8) is 0 Å². The van der Waals surface area contributed by atoms with Crippen LogP contribution in [0.2, 0.25) is 0 Å². The average Bonchev–Trinajstić information content (AvgIpc) is 3.03. The Balaban J connectivity index is 1.96. The van der Waals surface area contributed by atoms with Crippen molar-refractivity contribution in [1.29, 1.82) is 0 Å². The van der Waals surface area contributed by atoms with Gasteiger partial charge in [-0.15, -0.1) is 0 Å². The van der Waals surface area contributed by atoms with Crippen LogP contribution in [0.5, 0.6) is 0 Å². The molecule has 0 aromatic carbocycles. The number of esters is 1. The average molecular weight is 268 g/mol. The van der Waals surface area contributed by atoms with Crippen LogP contribution in [0.1, 0.15) is 65.7 Å². The molecule has 0 aromatic rings. The summed E-state index contributed by atoms with van der Waals surface area (Å²) in [5.41, 5.74) is -0.188. The number of hydrogen-bond donors (Lipinski definition) is 0. The highest BCUT2D eigenvalue weighted by Crippen LogP contribution is 2.50. The Bertz CT molecular complexity index is 315. The molecule has 19 heavy (non-hydrogen) atoms. The molecule has 1 heterocycles. The van der Waals surface area contributed by atoms with Gasteiger partial charge in [0.25, 0.3) is 0 Å². The third kappa shape index (κ3) is 3.31. The first-order chi connectivity index (χ1) is 9.10. The van der Waals surface area contributed by atoms with Gasteiger partial charge in [-0.2, -0.15) is 0 Å². The van der Waals surface area contributed by atoms with Gasteiger partial charge < -0.3 is 9.47 Å². The highest BCUT2D eigenvalue weighted by molar-refractivity contribution is 5.74. The highest BCUT2D eigenvalue weighted by Gasteiger charge is 2.60. The molecule has 0 amide bonds. The largest absolute Gasteiger partial charge is 0.465 e. The topological polar surface area (TPSA) is 38.8 Å². The van der Waals surface area contributed by atoms with Crippen LogP contribution >= 0.6 is 0 Å². The van der Waals surface area contributed by atoms with Crippen molar-refractivity contribution in [1.82, 2.24) is 0 Å². The predicted molar refractivity (Wildman–Crippen MR) is 74.9 cm³/mol. The lowest BCUT2D eigenvalue weighted by Gasteiger charge is -2.26. The van der Waals surface area contributed by atoms with Crippen molar-refractivity contribution in [2.45, 2.75) is 77.4 Å². The molecule has 1 saturated carbocycles. The Kier molecular flexibility index (Phi) is 4.88. The zero-order valence-corrected chi connectivity index (χ0v) is 12.6. The molecule has 3 heteroatoms. The van der Waals surface area contributed by atoms with E-state index in [4.69, 9.17) is 9.47 Å². The normalized spacial score (nSPS) is 36.4. The van der Waals surface area contributed by atoms with E-state index in [-0.39, 0.29) is 23.6 Å². The second-order valence-corrected chi connectivity index (χ2v) is 6.36. The maximum atomic E-state index is 12.4. The van der Waals surface area contributed by atoms with Crippen molar-refractivity contribution in [2.24, 2.45) is 11.8 Å². The predicted octanol–water partition coefficient (Wildman–Crippen LogP) is 3.70. The van der Waals surface area contributed by atoms with E-state index in [9.17, 15) is 4.79 Å². The van der Waals surface area contributed by atoms with Gasteiger partial charge in [0.05, 0.1) is 18.6 Å². The summed E-state index contributed by atoms with van der Waals surface area (Å²) >= 11 is 0. The lowest BCUT2D eigenvalue weighted by Crippen LogP contribution is -2.36. The molecule has 1 saturated heterocycles. The van der Waals surface area contributed by atoms with E-state index in [0.717, 1.165) is 25.7 Å². The zero-order valence-electron chi connectivity index (χ0n) is 12.6. The Morgan fingerprint density at radius 2 is 2.05 bits per heavy atom. The summed E-state index contributed by atoms with van der Waals surface area (Å²) in [4.78, 5) is 12.4. The third-order valence-electron chi connectivity index (χ3n) is 4.92. The smallest absolute Gasteiger partial charge is 0.311 e. The lowest BCUT2D eigenvalue weighted by atomic mass is 9.79. The summed E-state index contributed by atoms with van der Waals surface area (Å²) in [6, 6.07) is 0. The highest BCUT2D eigenvalue weighted by atomic mass is 16.6. The van der Waals surface area contributed by atoms with Crippen LogP contribution < -0.4 is 0 Å². The minimum Gasteiger partial charge on any atom is -0.465 e. The molecular formula is C16H28O3. The summed E-state index contributed by atoms with van der Waals surface area (Å²) in [5.74, 6) is 0.393. The molecule has 0 aromatic heterocycles. The van der Waals surface area contributed by atoms with Gasteiger partial charge >= 0.3 is 5.97 Å². The van der Waals surface area contributed by atoms with Crippen molar-refractivity contribution in [2.75, 3.05) is 6.61 Å². The fourth-order valence-corrected chi connectivity index (χ4v) is 3.20. The summed E-state index contributed by atoms with van der Waals surface area (Å²) in [6.07, 6.45) is 8.05. The SMILES string of the molecule is CCC(C)COC(=O)C1CCCCCCC12OC2C. The molecule has 0 radical (unpaired) electrons. The van der Waals surface area contributed by atoms with Gasteiger partial charge in [-0.1, -0.05) is 46.0 Å². The fourth-order valence-electron chi connectivity index (χ4n) is 3.20. The molecule has 0 N–H and O–H groups in total. The Morgan fingerprint density at radius 3 is 2.68 bits per heavy atom. The molecule has 1 aliphatic carbocycles. The molecule has 110 valence electrons. The zero-order chi connectivity index (χ0) is 13.9. The third-order valence-corrected chi connectivity index (χ3v) is 4.92. The molecule has 3 nitrogen and oxygen atoms in total. The number of ether oxygens (including phenoxy) is 2. The van der Waals surface area contributed by atoms with Gasteiger partial charge in [0.1, 0.15) is 5.60 Å². The maximum Gasteiger partial charge on any atom is 0.311 e. The van der Waals surface area contributed by atoms with E-state index in [1.54, 1.807) is 0 Å². The molecule has 4 unspecified atom stereocenters. The molecule has 2 aliphatic rings. The Labute approximate surface area is 117 Å². The van der Waals surface area contributed by atoms with E-state index in [2.05, 4.69) is 20.8 Å². The quantitative estimate of drug-likeness (QED) is 0.576. The molecule has 2 fully saturated rings. The first-order valence-electron chi connectivity index (χ1n) is 7.94. The first-order valence-corrected chi connectivity index (χ1v) is 7.94. The molecule has 2 rings (SSSR count). The number of carbonyl (C=O) groups is 1. The minimum absolute atomic E-state index is 0.0217. The van der Waals surface area contributed by atoms with Crippen molar-refractivity contribution < 1.29 is 14.3 Å². The Hall–Kier alpha value is -0.570. The molecule has 1 aliphatic heterocycles. The number of hydrogen-bond acceptors (Lipinski definition) is 3. The van der Waals surface area contributed by atoms with Crippen LogP contribution in [0.25, 0.3) is 0 Å². The monoisotopic (exact) mass is 268 g/mol. The Morgan fingerprint density at radius 1 is 1.37 bits per heavy atom. The van der Waals surface area contributed by atoms with Gasteiger partial charge in [0.2, 0.25) is 0 Å². The van der Waals surface area contributed by atoms with Crippen molar-refractivity contribution >= 4 is 5.97 Å². The number of epoxide rings is 1. The lowest BCUT2D eigenvalue weighted by molar-refractivity contribution is -0.153. The van der Waals surface area contributed by atoms with E-state index < -0.39 is 0 Å². The summed E-state index contributed by atoms with van der Waals surface area (Å²) in [7, 11) is 0. The summed E-state index contributed by atoms with van der Waals surface area (Å²) in [5, 5.41) is 0. The first kappa shape index (κ1) is 14.8. The van der Waals surface area contributed by atoms with Gasteiger partial charge in [-0.25, -0.2) is 0 Å². The molecule has 4 atom stereocenters. The second kappa shape index (κ2) is 6.25. The minimum atomic E-state index is -0.188. The standard InChI is InChI=1S/C16H28O3/c1-4-12(2)11-18-15(17)14-9-7-5-6-8-10-16(14)13(3)19-16/h12-14H,4-11H2,1-3H3. The number of rotatable bonds is 4. The maximum absolute atomic E-state index is 12.4. The molecule has 0 bridgehead atoms. The van der Waals surface area contributed by atoms with Crippen LogP contribution in [0.4, 0.5) is 0 Å². The van der Waals surface area contributed by atoms with Gasteiger partial charge in [0, 0.05) is 0 Å². The van der Waals surface area contributed by atoms with E-state index >= 15 is 0 Å². The van der Waals surface area contributed by atoms with E-state index in [1.165, 1.54) is 19.3 Å². The van der Waals surface area contributed by atoms with Crippen molar-refractivity contribution in [3.8, 4) is 0 Å². The van der Waals surface area contributed by atoms with Gasteiger partial charge in [-0.05, 0) is 25.7 Å². The molecule has 1 spiro atoms. The van der Waals surface area contributed by atoms with Gasteiger partial charge in [-0.3, -0.25) is 4.79 Å². The van der Waals surface area contributed by atoms with Crippen LogP contribution in [0, 0.1) is 11.8 Å². The summed E-state index contributed by atoms with van der Waals surface area (Å²) in [6.45, 7) is 6.90. The van der Waals surface area contributed by atoms with Crippen LogP contribution in [0.3, 0.4) is 0 Å². The van der Waals surface area contributed by atoms with E-state index in [1.807, 2.05) is 0 Å². The van der Waals surface area contributed by atoms with E-state index in [0.29, 0.717) is 12.5 Å². The summed E-state index contributed by atoms with van der Waals surface area (Å²) < 4.78 is 11.4. The van der Waals surface area contributed by atoms with Crippen LogP contribution in [0.15, 0.2) is 0 Å². The van der Waals surface area contributed by atoms with Gasteiger partial charge in [0.15, 0.2) is 0 Å².